The van der Waals surface area contributed by atoms with Gasteiger partial charge in [0.15, 0.2) is 11.6 Å². The Bertz CT molecular complexity index is 1200. The standard InChI is InChI=1S/C23H16Br2N4O/c24-18-8-6-16(7-9-18)23-27-20(15-4-2-1-3-5-15)13-22(28-23)29-26-14-17-12-19(25)10-11-21(17)30/h1-14,30H,(H,27,28,29). The summed E-state index contributed by atoms with van der Waals surface area (Å²) in [5.74, 6) is 1.28. The van der Waals surface area contributed by atoms with Crippen molar-refractivity contribution in [3.8, 4) is 28.4 Å². The highest BCUT2D eigenvalue weighted by molar-refractivity contribution is 9.10. The Balaban J connectivity index is 1.69. The number of phenolic OH excluding ortho intramolecular Hbond substituents is 1. The minimum atomic E-state index is 0.145. The van der Waals surface area contributed by atoms with Crippen LogP contribution in [0.5, 0.6) is 5.75 Å². The summed E-state index contributed by atoms with van der Waals surface area (Å²) in [6, 6.07) is 24.7. The molecule has 0 unspecified atom stereocenters. The van der Waals surface area contributed by atoms with Crippen molar-refractivity contribution >= 4 is 43.9 Å². The number of rotatable bonds is 5. The number of nitrogens with zero attached hydrogens (tertiary/aromatic N) is 3. The third-order valence-corrected chi connectivity index (χ3v) is 5.29. The topological polar surface area (TPSA) is 70.4 Å². The highest BCUT2D eigenvalue weighted by atomic mass is 79.9. The number of benzene rings is 3. The Labute approximate surface area is 190 Å². The lowest BCUT2D eigenvalue weighted by molar-refractivity contribution is 0.474. The van der Waals surface area contributed by atoms with E-state index in [2.05, 4.69) is 47.4 Å². The van der Waals surface area contributed by atoms with Gasteiger partial charge in [-0.1, -0.05) is 74.3 Å². The Morgan fingerprint density at radius 1 is 0.800 bits per heavy atom. The zero-order valence-corrected chi connectivity index (χ0v) is 18.8. The van der Waals surface area contributed by atoms with Crippen LogP contribution in [-0.4, -0.2) is 21.3 Å². The molecule has 5 nitrogen and oxygen atoms in total. The Morgan fingerprint density at radius 3 is 2.30 bits per heavy atom. The first-order chi connectivity index (χ1) is 14.6. The zero-order chi connectivity index (χ0) is 20.9. The van der Waals surface area contributed by atoms with E-state index in [-0.39, 0.29) is 5.75 Å². The van der Waals surface area contributed by atoms with Gasteiger partial charge in [-0.05, 0) is 30.3 Å². The van der Waals surface area contributed by atoms with Gasteiger partial charge in [0.05, 0.1) is 11.9 Å². The van der Waals surface area contributed by atoms with Crippen LogP contribution in [-0.2, 0) is 0 Å². The van der Waals surface area contributed by atoms with Crippen molar-refractivity contribution in [1.29, 1.82) is 0 Å². The highest BCUT2D eigenvalue weighted by Crippen LogP contribution is 2.25. The molecule has 0 radical (unpaired) electrons. The lowest BCUT2D eigenvalue weighted by atomic mass is 10.1. The average molecular weight is 524 g/mol. The summed E-state index contributed by atoms with van der Waals surface area (Å²) in [6.45, 7) is 0. The quantitative estimate of drug-likeness (QED) is 0.232. The maximum absolute atomic E-state index is 9.97. The molecule has 0 spiro atoms. The van der Waals surface area contributed by atoms with Crippen molar-refractivity contribution in [3.63, 3.8) is 0 Å². The number of nitrogens with one attached hydrogen (secondary N) is 1. The van der Waals surface area contributed by atoms with Crippen molar-refractivity contribution in [2.45, 2.75) is 0 Å². The Kier molecular flexibility index (Phi) is 6.21. The predicted molar refractivity (Wildman–Crippen MR) is 128 cm³/mol. The molecule has 0 saturated carbocycles. The molecule has 1 aromatic heterocycles. The minimum absolute atomic E-state index is 0.145. The van der Waals surface area contributed by atoms with E-state index in [0.29, 0.717) is 17.2 Å². The van der Waals surface area contributed by atoms with Crippen LogP contribution >= 0.6 is 31.9 Å². The van der Waals surface area contributed by atoms with Crippen molar-refractivity contribution in [2.75, 3.05) is 5.43 Å². The molecule has 30 heavy (non-hydrogen) atoms. The summed E-state index contributed by atoms with van der Waals surface area (Å²) in [6.07, 6.45) is 1.55. The van der Waals surface area contributed by atoms with E-state index < -0.39 is 0 Å². The van der Waals surface area contributed by atoms with Crippen LogP contribution in [0.15, 0.2) is 92.9 Å². The molecule has 0 aliphatic carbocycles. The predicted octanol–water partition coefficient (Wildman–Crippen LogP) is 6.49. The Morgan fingerprint density at radius 2 is 1.53 bits per heavy atom. The molecular weight excluding hydrogens is 508 g/mol. The lowest BCUT2D eigenvalue weighted by Gasteiger charge is -2.08. The maximum atomic E-state index is 9.97. The van der Waals surface area contributed by atoms with Gasteiger partial charge in [-0.25, -0.2) is 9.97 Å². The molecule has 7 heteroatoms. The normalized spacial score (nSPS) is 11.0. The van der Waals surface area contributed by atoms with E-state index in [1.165, 1.54) is 0 Å². The molecule has 4 rings (SSSR count). The fourth-order valence-electron chi connectivity index (χ4n) is 2.79. The molecule has 0 saturated heterocycles. The molecule has 0 aliphatic heterocycles. The second-order valence-electron chi connectivity index (χ2n) is 6.41. The van der Waals surface area contributed by atoms with Gasteiger partial charge in [0.2, 0.25) is 0 Å². The lowest BCUT2D eigenvalue weighted by Crippen LogP contribution is -1.99. The van der Waals surface area contributed by atoms with Crippen LogP contribution in [0.3, 0.4) is 0 Å². The average Bonchev–Trinajstić information content (AvgIpc) is 2.77. The van der Waals surface area contributed by atoms with E-state index in [0.717, 1.165) is 25.8 Å². The SMILES string of the molecule is Oc1ccc(Br)cc1C=NNc1cc(-c2ccccc2)nc(-c2ccc(Br)cc2)n1. The number of phenols is 1. The first kappa shape index (κ1) is 20.3. The Hall–Kier alpha value is -3.03. The monoisotopic (exact) mass is 522 g/mol. The van der Waals surface area contributed by atoms with Gasteiger partial charge < -0.3 is 5.11 Å². The summed E-state index contributed by atoms with van der Waals surface area (Å²) < 4.78 is 1.84. The molecule has 0 aliphatic rings. The summed E-state index contributed by atoms with van der Waals surface area (Å²) in [7, 11) is 0. The van der Waals surface area contributed by atoms with E-state index in [1.807, 2.05) is 60.7 Å². The van der Waals surface area contributed by atoms with Crippen LogP contribution in [0, 0.1) is 0 Å². The van der Waals surface area contributed by atoms with Crippen LogP contribution in [0.4, 0.5) is 5.82 Å². The van der Waals surface area contributed by atoms with E-state index >= 15 is 0 Å². The van der Waals surface area contributed by atoms with Gasteiger partial charge in [-0.3, -0.25) is 5.43 Å². The van der Waals surface area contributed by atoms with Gasteiger partial charge >= 0.3 is 0 Å². The fourth-order valence-corrected chi connectivity index (χ4v) is 3.43. The number of anilines is 1. The third-order valence-electron chi connectivity index (χ3n) is 4.27. The van der Waals surface area contributed by atoms with E-state index in [4.69, 9.17) is 4.98 Å². The molecule has 148 valence electrons. The maximum Gasteiger partial charge on any atom is 0.162 e. The highest BCUT2D eigenvalue weighted by Gasteiger charge is 2.09. The molecule has 4 aromatic rings. The van der Waals surface area contributed by atoms with Gasteiger partial charge in [0, 0.05) is 31.7 Å². The largest absolute Gasteiger partial charge is 0.507 e. The number of hydrogen-bond acceptors (Lipinski definition) is 5. The molecule has 0 fully saturated rings. The zero-order valence-electron chi connectivity index (χ0n) is 15.6. The van der Waals surface area contributed by atoms with Gasteiger partial charge in [-0.15, -0.1) is 0 Å². The van der Waals surface area contributed by atoms with Crippen molar-refractivity contribution in [3.05, 3.63) is 93.4 Å². The fraction of sp³-hybridized carbons (Fsp3) is 0. The van der Waals surface area contributed by atoms with Crippen molar-refractivity contribution in [1.82, 2.24) is 9.97 Å². The molecule has 0 amide bonds. The third kappa shape index (κ3) is 4.93. The molecule has 0 bridgehead atoms. The van der Waals surface area contributed by atoms with Crippen molar-refractivity contribution < 1.29 is 5.11 Å². The number of aromatic nitrogens is 2. The summed E-state index contributed by atoms with van der Waals surface area (Å²) in [5, 5.41) is 14.2. The van der Waals surface area contributed by atoms with Gasteiger partial charge in [0.1, 0.15) is 5.75 Å². The van der Waals surface area contributed by atoms with Crippen molar-refractivity contribution in [2.24, 2.45) is 5.10 Å². The first-order valence-corrected chi connectivity index (χ1v) is 10.6. The second-order valence-corrected chi connectivity index (χ2v) is 8.24. The minimum Gasteiger partial charge on any atom is -0.507 e. The van der Waals surface area contributed by atoms with E-state index in [1.54, 1.807) is 24.4 Å². The molecule has 3 aromatic carbocycles. The number of aromatic hydroxyl groups is 1. The molecule has 1 heterocycles. The molecule has 2 N–H and O–H groups in total. The first-order valence-electron chi connectivity index (χ1n) is 9.06. The number of hydrazone groups is 1. The van der Waals surface area contributed by atoms with Crippen LogP contribution < -0.4 is 5.43 Å². The second kappa shape index (κ2) is 9.19. The summed E-state index contributed by atoms with van der Waals surface area (Å²) >= 11 is 6.85. The smallest absolute Gasteiger partial charge is 0.162 e. The van der Waals surface area contributed by atoms with Gasteiger partial charge in [0.25, 0.3) is 0 Å². The summed E-state index contributed by atoms with van der Waals surface area (Å²) in [4.78, 5) is 9.34. The van der Waals surface area contributed by atoms with Gasteiger partial charge in [-0.2, -0.15) is 5.10 Å². The van der Waals surface area contributed by atoms with E-state index in [9.17, 15) is 5.11 Å². The summed E-state index contributed by atoms with van der Waals surface area (Å²) in [5.41, 5.74) is 6.20. The molecular formula is C23H16Br2N4O. The number of halogens is 2. The van der Waals surface area contributed by atoms with Crippen LogP contribution in [0.1, 0.15) is 5.56 Å². The van der Waals surface area contributed by atoms with Crippen LogP contribution in [0.25, 0.3) is 22.6 Å². The molecule has 0 atom stereocenters. The number of hydrogen-bond donors (Lipinski definition) is 2. The van der Waals surface area contributed by atoms with Crippen LogP contribution in [0.2, 0.25) is 0 Å².